The summed E-state index contributed by atoms with van der Waals surface area (Å²) >= 11 is 1.60. The van der Waals surface area contributed by atoms with Gasteiger partial charge in [-0.3, -0.25) is 0 Å². The molecule has 3 aromatic heterocycles. The summed E-state index contributed by atoms with van der Waals surface area (Å²) in [5, 5.41) is 7.37. The summed E-state index contributed by atoms with van der Waals surface area (Å²) in [5.74, 6) is 1.41. The number of anilines is 3. The SMILES string of the molecule is Cc1cnc(Nc2cccc(-c3cnc(N4CCNCC4)o3)n2)s1. The van der Waals surface area contributed by atoms with Gasteiger partial charge < -0.3 is 20.0 Å². The van der Waals surface area contributed by atoms with Gasteiger partial charge in [0.2, 0.25) is 0 Å². The molecule has 0 radical (unpaired) electrons. The Balaban J connectivity index is 1.53. The number of aromatic nitrogens is 3. The Bertz CT molecular complexity index is 823. The molecule has 3 aromatic rings. The van der Waals surface area contributed by atoms with Crippen molar-refractivity contribution in [2.45, 2.75) is 6.92 Å². The third-order valence-electron chi connectivity index (χ3n) is 3.74. The summed E-state index contributed by atoms with van der Waals surface area (Å²) < 4.78 is 5.90. The quantitative estimate of drug-likeness (QED) is 0.754. The van der Waals surface area contributed by atoms with Crippen molar-refractivity contribution in [1.82, 2.24) is 20.3 Å². The number of nitrogens with zero attached hydrogens (tertiary/aromatic N) is 4. The average molecular weight is 342 g/mol. The highest BCUT2D eigenvalue weighted by Crippen LogP contribution is 2.26. The number of aryl methyl sites for hydroxylation is 1. The van der Waals surface area contributed by atoms with Gasteiger partial charge in [-0.1, -0.05) is 6.07 Å². The van der Waals surface area contributed by atoms with Gasteiger partial charge >= 0.3 is 0 Å². The van der Waals surface area contributed by atoms with Crippen LogP contribution in [0.3, 0.4) is 0 Å². The predicted octanol–water partition coefficient (Wildman–Crippen LogP) is 2.65. The van der Waals surface area contributed by atoms with E-state index in [1.165, 1.54) is 0 Å². The van der Waals surface area contributed by atoms with Gasteiger partial charge in [0, 0.05) is 37.3 Å². The Labute approximate surface area is 143 Å². The number of rotatable bonds is 4. The highest BCUT2D eigenvalue weighted by atomic mass is 32.1. The Kier molecular flexibility index (Phi) is 4.14. The molecular formula is C16H18N6OS. The molecule has 0 saturated carbocycles. The maximum absolute atomic E-state index is 5.90. The predicted molar refractivity (Wildman–Crippen MR) is 95.0 cm³/mol. The zero-order valence-electron chi connectivity index (χ0n) is 13.3. The summed E-state index contributed by atoms with van der Waals surface area (Å²) in [4.78, 5) is 16.6. The molecule has 1 aliphatic rings. The van der Waals surface area contributed by atoms with Crippen LogP contribution in [0.1, 0.15) is 4.88 Å². The van der Waals surface area contributed by atoms with Crippen LogP contribution >= 0.6 is 11.3 Å². The van der Waals surface area contributed by atoms with Gasteiger partial charge in [-0.15, -0.1) is 11.3 Å². The van der Waals surface area contributed by atoms with E-state index in [0.717, 1.165) is 47.7 Å². The van der Waals surface area contributed by atoms with Gasteiger partial charge in [0.1, 0.15) is 11.5 Å². The Hall–Kier alpha value is -2.45. The van der Waals surface area contributed by atoms with Crippen molar-refractivity contribution in [2.24, 2.45) is 0 Å². The lowest BCUT2D eigenvalue weighted by atomic mass is 10.3. The molecule has 0 amide bonds. The van der Waals surface area contributed by atoms with Gasteiger partial charge in [0.25, 0.3) is 6.01 Å². The number of piperazine rings is 1. The third kappa shape index (κ3) is 3.24. The van der Waals surface area contributed by atoms with Crippen molar-refractivity contribution in [3.8, 4) is 11.5 Å². The van der Waals surface area contributed by atoms with Gasteiger partial charge in [-0.25, -0.2) is 15.0 Å². The fraction of sp³-hybridized carbons (Fsp3) is 0.312. The summed E-state index contributed by atoms with van der Waals surface area (Å²) in [7, 11) is 0. The molecule has 2 N–H and O–H groups in total. The maximum atomic E-state index is 5.90. The normalized spacial score (nSPS) is 14.8. The first-order valence-electron chi connectivity index (χ1n) is 7.86. The van der Waals surface area contributed by atoms with Crippen LogP contribution < -0.4 is 15.5 Å². The van der Waals surface area contributed by atoms with E-state index < -0.39 is 0 Å². The molecule has 0 unspecified atom stereocenters. The first-order chi connectivity index (χ1) is 11.8. The second-order valence-corrected chi connectivity index (χ2v) is 6.79. The summed E-state index contributed by atoms with van der Waals surface area (Å²) in [6.45, 7) is 5.72. The molecule has 4 rings (SSSR count). The van der Waals surface area contributed by atoms with Crippen molar-refractivity contribution in [1.29, 1.82) is 0 Å². The Morgan fingerprint density at radius 3 is 2.88 bits per heavy atom. The standard InChI is InChI=1S/C16H18N6OS/c1-11-9-18-15(24-11)21-14-4-2-3-12(20-14)13-10-19-16(23-13)22-7-5-17-6-8-22/h2-4,9-10,17H,5-8H2,1H3,(H,18,20,21). The third-order valence-corrected chi connectivity index (χ3v) is 4.57. The van der Waals surface area contributed by atoms with Crippen molar-refractivity contribution in [2.75, 3.05) is 36.4 Å². The van der Waals surface area contributed by atoms with Crippen LogP contribution in [-0.4, -0.2) is 41.1 Å². The Morgan fingerprint density at radius 2 is 2.08 bits per heavy atom. The van der Waals surface area contributed by atoms with E-state index in [1.807, 2.05) is 31.3 Å². The fourth-order valence-corrected chi connectivity index (χ4v) is 3.22. The van der Waals surface area contributed by atoms with Crippen LogP contribution in [0.2, 0.25) is 0 Å². The van der Waals surface area contributed by atoms with Crippen LogP contribution in [-0.2, 0) is 0 Å². The average Bonchev–Trinajstić information content (AvgIpc) is 3.25. The van der Waals surface area contributed by atoms with Crippen molar-refractivity contribution < 1.29 is 4.42 Å². The lowest BCUT2D eigenvalue weighted by Gasteiger charge is -2.25. The lowest BCUT2D eigenvalue weighted by Crippen LogP contribution is -2.43. The molecule has 7 nitrogen and oxygen atoms in total. The lowest BCUT2D eigenvalue weighted by molar-refractivity contribution is 0.505. The smallest absolute Gasteiger partial charge is 0.297 e. The van der Waals surface area contributed by atoms with E-state index in [-0.39, 0.29) is 0 Å². The molecule has 4 heterocycles. The largest absolute Gasteiger partial charge is 0.422 e. The van der Waals surface area contributed by atoms with Gasteiger partial charge in [0.05, 0.1) is 6.20 Å². The summed E-state index contributed by atoms with van der Waals surface area (Å²) in [6.07, 6.45) is 3.57. The maximum Gasteiger partial charge on any atom is 0.297 e. The van der Waals surface area contributed by atoms with E-state index in [1.54, 1.807) is 17.5 Å². The Morgan fingerprint density at radius 1 is 1.21 bits per heavy atom. The summed E-state index contributed by atoms with van der Waals surface area (Å²) in [5.41, 5.74) is 0.752. The van der Waals surface area contributed by atoms with E-state index in [4.69, 9.17) is 4.42 Å². The molecule has 1 aliphatic heterocycles. The van der Waals surface area contributed by atoms with Gasteiger partial charge in [-0.05, 0) is 19.1 Å². The highest BCUT2D eigenvalue weighted by Gasteiger charge is 2.16. The van der Waals surface area contributed by atoms with Crippen LogP contribution in [0.4, 0.5) is 17.0 Å². The molecule has 124 valence electrons. The van der Waals surface area contributed by atoms with Gasteiger partial charge in [-0.2, -0.15) is 0 Å². The van der Waals surface area contributed by atoms with E-state index >= 15 is 0 Å². The number of thiazole rings is 1. The second-order valence-electron chi connectivity index (χ2n) is 5.55. The molecule has 8 heteroatoms. The minimum absolute atomic E-state index is 0.655. The first kappa shape index (κ1) is 15.1. The second kappa shape index (κ2) is 6.58. The van der Waals surface area contributed by atoms with E-state index in [9.17, 15) is 0 Å². The van der Waals surface area contributed by atoms with Gasteiger partial charge in [0.15, 0.2) is 10.9 Å². The topological polar surface area (TPSA) is 79.1 Å². The minimum Gasteiger partial charge on any atom is -0.422 e. The van der Waals surface area contributed by atoms with Crippen LogP contribution in [0, 0.1) is 6.92 Å². The minimum atomic E-state index is 0.655. The molecule has 0 spiro atoms. The molecule has 1 fully saturated rings. The fourth-order valence-electron chi connectivity index (χ4n) is 2.55. The molecular weight excluding hydrogens is 324 g/mol. The first-order valence-corrected chi connectivity index (χ1v) is 8.68. The molecule has 0 atom stereocenters. The van der Waals surface area contributed by atoms with E-state index in [2.05, 4.69) is 30.5 Å². The van der Waals surface area contributed by atoms with Crippen LogP contribution in [0.15, 0.2) is 35.0 Å². The number of pyridine rings is 1. The van der Waals surface area contributed by atoms with Crippen molar-refractivity contribution >= 4 is 28.3 Å². The molecule has 0 aromatic carbocycles. The zero-order chi connectivity index (χ0) is 16.4. The van der Waals surface area contributed by atoms with Crippen LogP contribution in [0.25, 0.3) is 11.5 Å². The number of hydrogen-bond acceptors (Lipinski definition) is 8. The number of nitrogens with one attached hydrogen (secondary N) is 2. The summed E-state index contributed by atoms with van der Waals surface area (Å²) in [6, 6.07) is 6.42. The zero-order valence-corrected chi connectivity index (χ0v) is 14.1. The number of oxazole rings is 1. The molecule has 24 heavy (non-hydrogen) atoms. The molecule has 1 saturated heterocycles. The number of hydrogen-bond donors (Lipinski definition) is 2. The van der Waals surface area contributed by atoms with Crippen molar-refractivity contribution in [3.05, 3.63) is 35.5 Å². The molecule has 0 aliphatic carbocycles. The highest BCUT2D eigenvalue weighted by molar-refractivity contribution is 7.15. The van der Waals surface area contributed by atoms with E-state index in [0.29, 0.717) is 11.8 Å². The molecule has 0 bridgehead atoms. The van der Waals surface area contributed by atoms with Crippen LogP contribution in [0.5, 0.6) is 0 Å². The van der Waals surface area contributed by atoms with Crippen molar-refractivity contribution in [3.63, 3.8) is 0 Å². The monoisotopic (exact) mass is 342 g/mol.